The van der Waals surface area contributed by atoms with Gasteiger partial charge in [0.25, 0.3) is 11.4 Å². The van der Waals surface area contributed by atoms with Gasteiger partial charge in [-0.05, 0) is 13.8 Å². The third-order valence-electron chi connectivity index (χ3n) is 1.03. The Labute approximate surface area is 86.3 Å². The molecule has 0 aromatic heterocycles. The zero-order valence-electron chi connectivity index (χ0n) is 8.38. The van der Waals surface area contributed by atoms with Crippen molar-refractivity contribution < 1.29 is 27.9 Å². The molecule has 14 heavy (non-hydrogen) atoms. The second-order valence-corrected chi connectivity index (χ2v) is 2.66. The lowest BCUT2D eigenvalue weighted by Gasteiger charge is -2.09. The van der Waals surface area contributed by atoms with Gasteiger partial charge in [-0.2, -0.15) is 4.21 Å². The molecule has 0 amide bonds. The smallest absolute Gasteiger partial charge is 0.299 e. The van der Waals surface area contributed by atoms with E-state index in [-0.39, 0.29) is 0 Å². The largest absolute Gasteiger partial charge is 0.388 e. The van der Waals surface area contributed by atoms with Crippen LogP contribution < -0.4 is 0 Å². The number of aliphatic hydroxyl groups excluding tert-OH is 1. The molecular formula is C7H18O6S. The van der Waals surface area contributed by atoms with Crippen LogP contribution in [0.5, 0.6) is 0 Å². The Balaban J connectivity index is 0. The van der Waals surface area contributed by atoms with Crippen molar-refractivity contribution in [3.8, 4) is 0 Å². The van der Waals surface area contributed by atoms with E-state index in [9.17, 15) is 0 Å². The Kier molecular flexibility index (Phi) is 15.2. The van der Waals surface area contributed by atoms with Crippen molar-refractivity contribution in [3.63, 3.8) is 0 Å². The fourth-order valence-electron chi connectivity index (χ4n) is 0.556. The molecule has 0 atom stereocenters. The first-order chi connectivity index (χ1) is 6.54. The zero-order valence-corrected chi connectivity index (χ0v) is 9.20. The highest BCUT2D eigenvalue weighted by atomic mass is 32.2. The lowest BCUT2D eigenvalue weighted by molar-refractivity contribution is -0.0132. The first kappa shape index (κ1) is 16.4. The van der Waals surface area contributed by atoms with Crippen molar-refractivity contribution in [2.45, 2.75) is 20.0 Å². The number of hydrogen-bond acceptors (Lipinski definition) is 4. The minimum atomic E-state index is -2.61. The summed E-state index contributed by atoms with van der Waals surface area (Å²) < 4.78 is 32.8. The Bertz CT molecular complexity index is 119. The molecule has 0 bridgehead atoms. The van der Waals surface area contributed by atoms with Crippen molar-refractivity contribution in [1.29, 1.82) is 0 Å². The second kappa shape index (κ2) is 12.9. The SMILES string of the molecule is CCOCC(O)COCC.O=S(O)O. The zero-order chi connectivity index (χ0) is 11.4. The van der Waals surface area contributed by atoms with E-state index >= 15 is 0 Å². The van der Waals surface area contributed by atoms with E-state index in [1.165, 1.54) is 0 Å². The van der Waals surface area contributed by atoms with Gasteiger partial charge in [0, 0.05) is 13.2 Å². The van der Waals surface area contributed by atoms with Crippen molar-refractivity contribution in [2.24, 2.45) is 0 Å². The Hall–Kier alpha value is -0.0500. The predicted octanol–water partition coefficient (Wildman–Crippen LogP) is 0.101. The summed E-state index contributed by atoms with van der Waals surface area (Å²) in [5.74, 6) is 0. The minimum Gasteiger partial charge on any atom is -0.388 e. The highest BCUT2D eigenvalue weighted by molar-refractivity contribution is 7.73. The standard InChI is InChI=1S/C7H16O3.H2O3S/c1-3-9-5-7(8)6-10-4-2;1-4(2)3/h7-8H,3-6H2,1-2H3;(H2,1,2,3). The van der Waals surface area contributed by atoms with Gasteiger partial charge in [0.15, 0.2) is 0 Å². The Morgan fingerprint density at radius 3 is 1.64 bits per heavy atom. The van der Waals surface area contributed by atoms with Gasteiger partial charge < -0.3 is 14.6 Å². The fourth-order valence-corrected chi connectivity index (χ4v) is 0.556. The van der Waals surface area contributed by atoms with Crippen molar-refractivity contribution >= 4 is 11.4 Å². The average molecular weight is 230 g/mol. The van der Waals surface area contributed by atoms with Crippen LogP contribution in [0, 0.1) is 0 Å². The number of aliphatic hydroxyl groups is 1. The predicted molar refractivity (Wildman–Crippen MR) is 52.4 cm³/mol. The molecule has 0 unspecified atom stereocenters. The van der Waals surface area contributed by atoms with Crippen LogP contribution >= 0.6 is 0 Å². The number of rotatable bonds is 6. The highest BCUT2D eigenvalue weighted by Crippen LogP contribution is 1.86. The van der Waals surface area contributed by atoms with Gasteiger partial charge in [-0.15, -0.1) is 0 Å². The molecule has 0 aromatic rings. The molecule has 0 fully saturated rings. The van der Waals surface area contributed by atoms with E-state index in [0.29, 0.717) is 26.4 Å². The van der Waals surface area contributed by atoms with Gasteiger partial charge >= 0.3 is 0 Å². The van der Waals surface area contributed by atoms with E-state index in [2.05, 4.69) is 0 Å². The van der Waals surface area contributed by atoms with Crippen LogP contribution in [0.2, 0.25) is 0 Å². The van der Waals surface area contributed by atoms with Crippen LogP contribution in [-0.4, -0.2) is 51.0 Å². The molecule has 0 saturated heterocycles. The molecule has 0 aromatic carbocycles. The van der Waals surface area contributed by atoms with E-state index < -0.39 is 17.5 Å². The maximum atomic E-state index is 9.06. The third kappa shape index (κ3) is 22.7. The van der Waals surface area contributed by atoms with E-state index in [1.54, 1.807) is 0 Å². The quantitative estimate of drug-likeness (QED) is 0.560. The topological polar surface area (TPSA) is 96.2 Å². The minimum absolute atomic E-state index is 0.372. The van der Waals surface area contributed by atoms with Crippen LogP contribution in [0.3, 0.4) is 0 Å². The molecule has 6 nitrogen and oxygen atoms in total. The maximum absolute atomic E-state index is 9.06. The van der Waals surface area contributed by atoms with Gasteiger partial charge in [0.05, 0.1) is 13.2 Å². The van der Waals surface area contributed by atoms with Crippen molar-refractivity contribution in [1.82, 2.24) is 0 Å². The Morgan fingerprint density at radius 2 is 1.43 bits per heavy atom. The molecule has 0 radical (unpaired) electrons. The lowest BCUT2D eigenvalue weighted by atomic mass is 10.4. The average Bonchev–Trinajstić information content (AvgIpc) is 2.10. The molecule has 0 aliphatic heterocycles. The fraction of sp³-hybridized carbons (Fsp3) is 1.00. The molecule has 0 aliphatic rings. The first-order valence-electron chi connectivity index (χ1n) is 4.18. The summed E-state index contributed by atoms with van der Waals surface area (Å²) >= 11 is -2.61. The summed E-state index contributed by atoms with van der Waals surface area (Å²) in [5.41, 5.74) is 0. The summed E-state index contributed by atoms with van der Waals surface area (Å²) in [6.45, 7) is 5.82. The summed E-state index contributed by atoms with van der Waals surface area (Å²) in [6, 6.07) is 0. The van der Waals surface area contributed by atoms with Crippen LogP contribution in [0.15, 0.2) is 0 Å². The number of ether oxygens (including phenoxy) is 2. The van der Waals surface area contributed by atoms with Crippen LogP contribution in [0.25, 0.3) is 0 Å². The summed E-state index contributed by atoms with van der Waals surface area (Å²) in [4.78, 5) is 0. The van der Waals surface area contributed by atoms with E-state index in [1.807, 2.05) is 13.8 Å². The first-order valence-corrected chi connectivity index (χ1v) is 5.24. The number of hydrogen-bond donors (Lipinski definition) is 3. The molecule has 7 heteroatoms. The van der Waals surface area contributed by atoms with Gasteiger partial charge in [-0.1, -0.05) is 0 Å². The van der Waals surface area contributed by atoms with Crippen molar-refractivity contribution in [2.75, 3.05) is 26.4 Å². The normalized spacial score (nSPS) is 10.2. The van der Waals surface area contributed by atoms with Crippen molar-refractivity contribution in [3.05, 3.63) is 0 Å². The summed E-state index contributed by atoms with van der Waals surface area (Å²) in [7, 11) is 0. The van der Waals surface area contributed by atoms with Gasteiger partial charge in [-0.25, -0.2) is 0 Å². The molecule has 0 heterocycles. The van der Waals surface area contributed by atoms with Crippen LogP contribution in [-0.2, 0) is 20.8 Å². The second-order valence-electron chi connectivity index (χ2n) is 2.20. The highest BCUT2D eigenvalue weighted by Gasteiger charge is 2.01. The van der Waals surface area contributed by atoms with E-state index in [4.69, 9.17) is 27.9 Å². The monoisotopic (exact) mass is 230 g/mol. The third-order valence-corrected chi connectivity index (χ3v) is 1.03. The molecule has 0 aliphatic carbocycles. The summed E-state index contributed by atoms with van der Waals surface area (Å²) in [6.07, 6.45) is -0.472. The molecule has 0 spiro atoms. The molecule has 88 valence electrons. The lowest BCUT2D eigenvalue weighted by Crippen LogP contribution is -2.21. The molecule has 3 N–H and O–H groups in total. The molecular weight excluding hydrogens is 212 g/mol. The maximum Gasteiger partial charge on any atom is 0.299 e. The molecule has 0 rings (SSSR count). The Morgan fingerprint density at radius 1 is 1.14 bits per heavy atom. The van der Waals surface area contributed by atoms with Crippen LogP contribution in [0.4, 0.5) is 0 Å². The van der Waals surface area contributed by atoms with Gasteiger partial charge in [0.2, 0.25) is 0 Å². The van der Waals surface area contributed by atoms with Gasteiger partial charge in [0.1, 0.15) is 6.10 Å². The molecule has 0 saturated carbocycles. The van der Waals surface area contributed by atoms with Crippen LogP contribution in [0.1, 0.15) is 13.8 Å². The summed E-state index contributed by atoms with van der Waals surface area (Å²) in [5, 5.41) is 9.06. The van der Waals surface area contributed by atoms with E-state index in [0.717, 1.165) is 0 Å². The van der Waals surface area contributed by atoms with Gasteiger partial charge in [-0.3, -0.25) is 9.11 Å².